The van der Waals surface area contributed by atoms with Crippen molar-refractivity contribution in [1.82, 2.24) is 9.97 Å². The van der Waals surface area contributed by atoms with Gasteiger partial charge in [-0.05, 0) is 46.8 Å². The van der Waals surface area contributed by atoms with Gasteiger partial charge in [0.1, 0.15) is 35.7 Å². The number of hydrogen-bond acceptors (Lipinski definition) is 9. The molecule has 2 aromatic rings. The number of anilines is 1. The Kier molecular flexibility index (Phi) is 7.82. The number of benzene rings is 1. The maximum Gasteiger partial charge on any atom is 0.508 e. The summed E-state index contributed by atoms with van der Waals surface area (Å²) in [5.74, 6) is -0.572. The molecule has 0 aliphatic rings. The van der Waals surface area contributed by atoms with Gasteiger partial charge in [-0.2, -0.15) is 4.98 Å². The Bertz CT molecular complexity index is 988. The van der Waals surface area contributed by atoms with E-state index < -0.39 is 29.1 Å². The molecule has 176 valence electrons. The van der Waals surface area contributed by atoms with Crippen molar-refractivity contribution < 1.29 is 32.9 Å². The number of ether oxygens (including phenoxy) is 4. The molecule has 0 atom stereocenters. The van der Waals surface area contributed by atoms with Gasteiger partial charge in [-0.25, -0.2) is 19.0 Å². The maximum atomic E-state index is 14.9. The molecule has 0 aliphatic carbocycles. The van der Waals surface area contributed by atoms with Crippen molar-refractivity contribution in [2.75, 3.05) is 25.6 Å². The van der Waals surface area contributed by atoms with Crippen molar-refractivity contribution in [3.63, 3.8) is 0 Å². The fourth-order valence-corrected chi connectivity index (χ4v) is 2.76. The van der Waals surface area contributed by atoms with Crippen LogP contribution in [0.15, 0.2) is 12.1 Å². The van der Waals surface area contributed by atoms with Crippen LogP contribution in [0.3, 0.4) is 0 Å². The third-order valence-electron chi connectivity index (χ3n) is 4.17. The number of aryl methyl sites for hydroxylation is 1. The molecule has 0 unspecified atom stereocenters. The minimum atomic E-state index is -1.10. The van der Waals surface area contributed by atoms with E-state index in [9.17, 15) is 14.0 Å². The van der Waals surface area contributed by atoms with Crippen LogP contribution in [0.25, 0.3) is 10.9 Å². The molecule has 0 radical (unpaired) electrons. The Hall–Kier alpha value is -3.17. The van der Waals surface area contributed by atoms with E-state index in [4.69, 9.17) is 18.9 Å². The topological polar surface area (TPSA) is 109 Å². The number of aromatic nitrogens is 2. The number of fused-ring (bicyclic) bond motifs is 1. The Balaban J connectivity index is 2.26. The van der Waals surface area contributed by atoms with Crippen LogP contribution in [0.1, 0.15) is 47.4 Å². The molecule has 0 fully saturated rings. The van der Waals surface area contributed by atoms with E-state index in [0.717, 1.165) is 0 Å². The smallest absolute Gasteiger partial charge is 0.474 e. The predicted molar refractivity (Wildman–Crippen MR) is 116 cm³/mol. The van der Waals surface area contributed by atoms with Gasteiger partial charge >= 0.3 is 12.1 Å². The van der Waals surface area contributed by atoms with Crippen molar-refractivity contribution >= 4 is 28.7 Å². The van der Waals surface area contributed by atoms with E-state index in [-0.39, 0.29) is 24.6 Å². The molecule has 32 heavy (non-hydrogen) atoms. The quantitative estimate of drug-likeness (QED) is 0.470. The predicted octanol–water partition coefficient (Wildman–Crippen LogP) is 4.03. The summed E-state index contributed by atoms with van der Waals surface area (Å²) in [4.78, 5) is 32.2. The Morgan fingerprint density at radius 2 is 1.78 bits per heavy atom. The number of methoxy groups -OCH3 is 1. The third-order valence-corrected chi connectivity index (χ3v) is 4.17. The van der Waals surface area contributed by atoms with Crippen LogP contribution in [0.4, 0.5) is 14.9 Å². The highest BCUT2D eigenvalue weighted by molar-refractivity contribution is 5.89. The highest BCUT2D eigenvalue weighted by atomic mass is 19.1. The number of hydrogen-bond donors (Lipinski definition) is 1. The van der Waals surface area contributed by atoms with E-state index in [0.29, 0.717) is 23.3 Å². The van der Waals surface area contributed by atoms with Crippen molar-refractivity contribution in [3.8, 4) is 5.88 Å². The van der Waals surface area contributed by atoms with Crippen molar-refractivity contribution in [1.29, 1.82) is 0 Å². The number of nitrogens with zero attached hydrogens (tertiary/aromatic N) is 2. The minimum Gasteiger partial charge on any atom is -0.474 e. The van der Waals surface area contributed by atoms with Crippen molar-refractivity contribution in [2.24, 2.45) is 0 Å². The average molecular weight is 451 g/mol. The van der Waals surface area contributed by atoms with Crippen LogP contribution in [-0.4, -0.2) is 53.6 Å². The Labute approximate surface area is 186 Å². The third kappa shape index (κ3) is 6.66. The van der Waals surface area contributed by atoms with Crippen LogP contribution < -0.4 is 10.1 Å². The maximum absolute atomic E-state index is 14.9. The van der Waals surface area contributed by atoms with Crippen LogP contribution in [0.2, 0.25) is 0 Å². The summed E-state index contributed by atoms with van der Waals surface area (Å²) in [6, 6.07) is 2.83. The standard InChI is InChI=1S/C22H30FN3O6/c1-8-16-24-17-14(11-13(12-15(17)23)26-22(5,6)19(27)29-7)18(25-16)30-9-10-31-20(28)32-21(2,3)4/h11-12,26H,8-10H2,1-7H3. The molecule has 0 bridgehead atoms. The van der Waals surface area contributed by atoms with E-state index in [1.165, 1.54) is 13.2 Å². The zero-order valence-electron chi connectivity index (χ0n) is 19.5. The fourth-order valence-electron chi connectivity index (χ4n) is 2.76. The summed E-state index contributed by atoms with van der Waals surface area (Å²) in [5, 5.41) is 3.26. The van der Waals surface area contributed by atoms with Crippen LogP contribution in [0.5, 0.6) is 5.88 Å². The SMILES string of the molecule is CCc1nc(OCCOC(=O)OC(C)(C)C)c2cc(NC(C)(C)C(=O)OC)cc(F)c2n1. The fraction of sp³-hybridized carbons (Fsp3) is 0.545. The minimum absolute atomic E-state index is 0.0263. The highest BCUT2D eigenvalue weighted by Crippen LogP contribution is 2.30. The highest BCUT2D eigenvalue weighted by Gasteiger charge is 2.29. The summed E-state index contributed by atoms with van der Waals surface area (Å²) in [5.41, 5.74) is -1.36. The molecule has 9 nitrogen and oxygen atoms in total. The first kappa shape index (κ1) is 25.1. The van der Waals surface area contributed by atoms with E-state index >= 15 is 0 Å². The second-order valence-electron chi connectivity index (χ2n) is 8.56. The molecule has 0 amide bonds. The van der Waals surface area contributed by atoms with Crippen LogP contribution >= 0.6 is 0 Å². The number of carbonyl (C=O) groups excluding carboxylic acids is 2. The molecule has 1 heterocycles. The van der Waals surface area contributed by atoms with Crippen molar-refractivity contribution in [2.45, 2.75) is 59.1 Å². The molecule has 1 aromatic carbocycles. The molecule has 1 aromatic heterocycles. The van der Waals surface area contributed by atoms with Gasteiger partial charge in [-0.1, -0.05) is 6.92 Å². The lowest BCUT2D eigenvalue weighted by atomic mass is 10.0. The van der Waals surface area contributed by atoms with E-state index in [2.05, 4.69) is 15.3 Å². The lowest BCUT2D eigenvalue weighted by Crippen LogP contribution is -2.41. The summed E-state index contributed by atoms with van der Waals surface area (Å²) < 4.78 is 35.4. The molecule has 10 heteroatoms. The first-order valence-corrected chi connectivity index (χ1v) is 10.2. The molecule has 0 saturated carbocycles. The second-order valence-corrected chi connectivity index (χ2v) is 8.56. The van der Waals surface area contributed by atoms with E-state index in [1.807, 2.05) is 6.92 Å². The Morgan fingerprint density at radius 1 is 1.09 bits per heavy atom. The lowest BCUT2D eigenvalue weighted by Gasteiger charge is -2.24. The average Bonchev–Trinajstić information content (AvgIpc) is 2.69. The lowest BCUT2D eigenvalue weighted by molar-refractivity contribution is -0.144. The second kappa shape index (κ2) is 9.97. The van der Waals surface area contributed by atoms with Gasteiger partial charge in [0, 0.05) is 12.1 Å². The normalized spacial score (nSPS) is 11.8. The molecular weight excluding hydrogens is 421 g/mol. The van der Waals surface area contributed by atoms with Gasteiger partial charge in [0.25, 0.3) is 0 Å². The van der Waals surface area contributed by atoms with Crippen molar-refractivity contribution in [3.05, 3.63) is 23.8 Å². The Morgan fingerprint density at radius 3 is 2.38 bits per heavy atom. The number of carbonyl (C=O) groups is 2. The van der Waals surface area contributed by atoms with Crippen LogP contribution in [-0.2, 0) is 25.4 Å². The first-order valence-electron chi connectivity index (χ1n) is 10.2. The molecule has 0 spiro atoms. The molecule has 0 saturated heterocycles. The van der Waals surface area contributed by atoms with Gasteiger partial charge < -0.3 is 24.3 Å². The van der Waals surface area contributed by atoms with Gasteiger partial charge in [0.2, 0.25) is 5.88 Å². The molecule has 2 rings (SSSR count). The van der Waals surface area contributed by atoms with Gasteiger partial charge in [-0.15, -0.1) is 0 Å². The number of nitrogens with one attached hydrogen (secondary N) is 1. The number of rotatable bonds is 8. The number of esters is 1. The van der Waals surface area contributed by atoms with E-state index in [1.54, 1.807) is 40.7 Å². The largest absolute Gasteiger partial charge is 0.508 e. The van der Waals surface area contributed by atoms with Crippen LogP contribution in [0, 0.1) is 5.82 Å². The molecule has 0 aliphatic heterocycles. The summed E-state index contributed by atoms with van der Waals surface area (Å²) in [6.07, 6.45) is -0.347. The van der Waals surface area contributed by atoms with Gasteiger partial charge in [0.15, 0.2) is 5.82 Å². The number of halogens is 1. The summed E-state index contributed by atoms with van der Waals surface area (Å²) in [7, 11) is 1.28. The van der Waals surface area contributed by atoms with Gasteiger partial charge in [0.05, 0.1) is 12.5 Å². The molecule has 1 N–H and O–H groups in total. The van der Waals surface area contributed by atoms with Gasteiger partial charge in [-0.3, -0.25) is 0 Å². The zero-order chi connectivity index (χ0) is 24.1. The molecular formula is C22H30FN3O6. The summed E-state index contributed by atoms with van der Waals surface area (Å²) >= 11 is 0. The zero-order valence-corrected chi connectivity index (χ0v) is 19.5. The monoisotopic (exact) mass is 451 g/mol. The first-order chi connectivity index (χ1) is 14.9. The summed E-state index contributed by atoms with van der Waals surface area (Å²) in [6.45, 7) is 10.1.